The highest BCUT2D eigenvalue weighted by Crippen LogP contribution is 2.22. The Labute approximate surface area is 119 Å². The Morgan fingerprint density at radius 1 is 1.30 bits per heavy atom. The number of rotatable bonds is 1. The summed E-state index contributed by atoms with van der Waals surface area (Å²) in [7, 11) is 0. The van der Waals surface area contributed by atoms with Gasteiger partial charge in [0.15, 0.2) is 0 Å². The summed E-state index contributed by atoms with van der Waals surface area (Å²) in [4.78, 5) is 19.3. The largest absolute Gasteiger partial charge is 0.336 e. The molecule has 20 heavy (non-hydrogen) atoms. The Balaban J connectivity index is 2.00. The molecule has 1 fully saturated rings. The highest BCUT2D eigenvalue weighted by atomic mass is 16.2. The minimum Gasteiger partial charge on any atom is -0.336 e. The number of fused-ring (bicyclic) bond motifs is 1. The second-order valence-electron chi connectivity index (χ2n) is 5.66. The van der Waals surface area contributed by atoms with E-state index in [0.29, 0.717) is 6.04 Å². The standard InChI is InChI=1S/C17H20N2O/c1-12-7-5-6-10-19(12)17(20)15-11-14-8-3-4-9-16(14)18-13(15)2/h3-4,8-9,11-12H,5-7,10H2,1-2H3. The van der Waals surface area contributed by atoms with E-state index in [1.54, 1.807) is 0 Å². The van der Waals surface area contributed by atoms with Crippen molar-refractivity contribution in [1.82, 2.24) is 9.88 Å². The van der Waals surface area contributed by atoms with E-state index in [-0.39, 0.29) is 5.91 Å². The Morgan fingerprint density at radius 3 is 2.90 bits per heavy atom. The Hall–Kier alpha value is -1.90. The highest BCUT2D eigenvalue weighted by Gasteiger charge is 2.25. The molecule has 0 N–H and O–H groups in total. The number of amides is 1. The van der Waals surface area contributed by atoms with E-state index in [0.717, 1.165) is 41.5 Å². The number of aromatic nitrogens is 1. The van der Waals surface area contributed by atoms with Crippen LogP contribution in [0.15, 0.2) is 30.3 Å². The average Bonchev–Trinajstić information content (AvgIpc) is 2.46. The van der Waals surface area contributed by atoms with Crippen LogP contribution in [0.2, 0.25) is 0 Å². The molecule has 1 aromatic carbocycles. The van der Waals surface area contributed by atoms with Crippen LogP contribution >= 0.6 is 0 Å². The van der Waals surface area contributed by atoms with Crippen LogP contribution in [0.4, 0.5) is 0 Å². The number of para-hydroxylation sites is 1. The summed E-state index contributed by atoms with van der Waals surface area (Å²) in [6.07, 6.45) is 3.43. The topological polar surface area (TPSA) is 33.2 Å². The van der Waals surface area contributed by atoms with Gasteiger partial charge in [-0.05, 0) is 45.2 Å². The lowest BCUT2D eigenvalue weighted by atomic mass is 10.0. The first-order chi connectivity index (χ1) is 9.66. The van der Waals surface area contributed by atoms with Crippen LogP contribution in [-0.4, -0.2) is 28.4 Å². The third-order valence-electron chi connectivity index (χ3n) is 4.21. The maximum Gasteiger partial charge on any atom is 0.255 e. The van der Waals surface area contributed by atoms with Crippen molar-refractivity contribution < 1.29 is 4.79 Å². The molecular formula is C17H20N2O. The molecule has 0 saturated carbocycles. The Morgan fingerprint density at radius 2 is 2.10 bits per heavy atom. The SMILES string of the molecule is Cc1nc2ccccc2cc1C(=O)N1CCCCC1C. The first kappa shape index (κ1) is 13.1. The van der Waals surface area contributed by atoms with Crippen LogP contribution in [0.5, 0.6) is 0 Å². The zero-order valence-electron chi connectivity index (χ0n) is 12.1. The average molecular weight is 268 g/mol. The predicted octanol–water partition coefficient (Wildman–Crippen LogP) is 3.56. The van der Waals surface area contributed by atoms with Gasteiger partial charge in [-0.15, -0.1) is 0 Å². The number of benzene rings is 1. The predicted molar refractivity (Wildman–Crippen MR) is 80.8 cm³/mol. The fraction of sp³-hybridized carbons (Fsp3) is 0.412. The molecule has 0 radical (unpaired) electrons. The molecule has 1 atom stereocenters. The van der Waals surface area contributed by atoms with Gasteiger partial charge in [-0.25, -0.2) is 0 Å². The normalized spacial score (nSPS) is 19.3. The van der Waals surface area contributed by atoms with Gasteiger partial charge in [-0.3, -0.25) is 9.78 Å². The number of aryl methyl sites for hydroxylation is 1. The number of carbonyl (C=O) groups is 1. The number of nitrogens with zero attached hydrogens (tertiary/aromatic N) is 2. The minimum absolute atomic E-state index is 0.132. The van der Waals surface area contributed by atoms with Crippen LogP contribution in [0.25, 0.3) is 10.9 Å². The van der Waals surface area contributed by atoms with E-state index < -0.39 is 0 Å². The van der Waals surface area contributed by atoms with Gasteiger partial charge in [0.1, 0.15) is 0 Å². The molecule has 104 valence electrons. The third-order valence-corrected chi connectivity index (χ3v) is 4.21. The number of piperidine rings is 1. The summed E-state index contributed by atoms with van der Waals surface area (Å²) in [6, 6.07) is 10.3. The summed E-state index contributed by atoms with van der Waals surface area (Å²) in [6.45, 7) is 4.93. The van der Waals surface area contributed by atoms with Crippen molar-refractivity contribution in [2.45, 2.75) is 39.2 Å². The van der Waals surface area contributed by atoms with Gasteiger partial charge < -0.3 is 4.90 Å². The molecule has 1 aliphatic heterocycles. The van der Waals surface area contributed by atoms with E-state index >= 15 is 0 Å². The van der Waals surface area contributed by atoms with E-state index in [9.17, 15) is 4.79 Å². The fourth-order valence-corrected chi connectivity index (χ4v) is 2.98. The van der Waals surface area contributed by atoms with Crippen LogP contribution < -0.4 is 0 Å². The second-order valence-corrected chi connectivity index (χ2v) is 5.66. The van der Waals surface area contributed by atoms with Crippen LogP contribution in [0.1, 0.15) is 42.2 Å². The van der Waals surface area contributed by atoms with Crippen molar-refractivity contribution in [1.29, 1.82) is 0 Å². The maximum atomic E-state index is 12.8. The molecule has 1 saturated heterocycles. The van der Waals surface area contributed by atoms with Crippen molar-refractivity contribution in [3.63, 3.8) is 0 Å². The van der Waals surface area contributed by atoms with Crippen molar-refractivity contribution in [3.05, 3.63) is 41.6 Å². The van der Waals surface area contributed by atoms with E-state index in [2.05, 4.69) is 11.9 Å². The van der Waals surface area contributed by atoms with E-state index in [1.165, 1.54) is 6.42 Å². The van der Waals surface area contributed by atoms with Crippen LogP contribution in [0.3, 0.4) is 0 Å². The summed E-state index contributed by atoms with van der Waals surface area (Å²) in [5.41, 5.74) is 2.53. The number of hydrogen-bond donors (Lipinski definition) is 0. The molecule has 3 rings (SSSR count). The molecule has 1 aliphatic rings. The lowest BCUT2D eigenvalue weighted by Gasteiger charge is -2.33. The molecule has 3 heteroatoms. The third kappa shape index (κ3) is 2.28. The number of hydrogen-bond acceptors (Lipinski definition) is 2. The zero-order chi connectivity index (χ0) is 14.1. The molecule has 0 spiro atoms. The van der Waals surface area contributed by atoms with Gasteiger partial charge in [-0.2, -0.15) is 0 Å². The molecule has 1 unspecified atom stereocenters. The van der Waals surface area contributed by atoms with Crippen molar-refractivity contribution in [2.75, 3.05) is 6.54 Å². The number of likely N-dealkylation sites (tertiary alicyclic amines) is 1. The van der Waals surface area contributed by atoms with Gasteiger partial charge in [0, 0.05) is 18.0 Å². The van der Waals surface area contributed by atoms with Crippen molar-refractivity contribution >= 4 is 16.8 Å². The minimum atomic E-state index is 0.132. The van der Waals surface area contributed by atoms with Gasteiger partial charge >= 0.3 is 0 Å². The molecular weight excluding hydrogens is 248 g/mol. The summed E-state index contributed by atoms with van der Waals surface area (Å²) in [5, 5.41) is 1.03. The molecule has 2 aromatic rings. The van der Waals surface area contributed by atoms with E-state index in [1.807, 2.05) is 42.2 Å². The van der Waals surface area contributed by atoms with E-state index in [4.69, 9.17) is 0 Å². The van der Waals surface area contributed by atoms with Gasteiger partial charge in [0.05, 0.1) is 16.8 Å². The molecule has 1 amide bonds. The Bertz CT molecular complexity index is 650. The highest BCUT2D eigenvalue weighted by molar-refractivity contribution is 5.98. The fourth-order valence-electron chi connectivity index (χ4n) is 2.98. The first-order valence-electron chi connectivity index (χ1n) is 7.34. The van der Waals surface area contributed by atoms with Crippen LogP contribution in [-0.2, 0) is 0 Å². The lowest BCUT2D eigenvalue weighted by molar-refractivity contribution is 0.0634. The Kier molecular flexibility index (Phi) is 3.43. The maximum absolute atomic E-state index is 12.8. The smallest absolute Gasteiger partial charge is 0.255 e. The number of carbonyl (C=O) groups excluding carboxylic acids is 1. The summed E-state index contributed by atoms with van der Waals surface area (Å²) < 4.78 is 0. The molecule has 0 bridgehead atoms. The summed E-state index contributed by atoms with van der Waals surface area (Å²) >= 11 is 0. The monoisotopic (exact) mass is 268 g/mol. The zero-order valence-corrected chi connectivity index (χ0v) is 12.1. The lowest BCUT2D eigenvalue weighted by Crippen LogP contribution is -2.42. The molecule has 0 aliphatic carbocycles. The quantitative estimate of drug-likeness (QED) is 0.792. The van der Waals surface area contributed by atoms with Crippen molar-refractivity contribution in [2.24, 2.45) is 0 Å². The molecule has 2 heterocycles. The molecule has 3 nitrogen and oxygen atoms in total. The van der Waals surface area contributed by atoms with Crippen molar-refractivity contribution in [3.8, 4) is 0 Å². The number of pyridine rings is 1. The van der Waals surface area contributed by atoms with Crippen LogP contribution in [0, 0.1) is 6.92 Å². The summed E-state index contributed by atoms with van der Waals surface area (Å²) in [5.74, 6) is 0.132. The van der Waals surface area contributed by atoms with Gasteiger partial charge in [-0.1, -0.05) is 18.2 Å². The van der Waals surface area contributed by atoms with Gasteiger partial charge in [0.2, 0.25) is 0 Å². The molecule has 1 aromatic heterocycles. The van der Waals surface area contributed by atoms with Gasteiger partial charge in [0.25, 0.3) is 5.91 Å². The second kappa shape index (κ2) is 5.23. The first-order valence-corrected chi connectivity index (χ1v) is 7.34.